The first-order valence-electron chi connectivity index (χ1n) is 6.59. The lowest BCUT2D eigenvalue weighted by Gasteiger charge is -2.16. The summed E-state index contributed by atoms with van der Waals surface area (Å²) in [6.45, 7) is 5.33. The van der Waals surface area contributed by atoms with Crippen LogP contribution < -0.4 is 5.32 Å². The van der Waals surface area contributed by atoms with Crippen LogP contribution in [0.5, 0.6) is 0 Å². The molecule has 110 valence electrons. The third kappa shape index (κ3) is 3.13. The van der Waals surface area contributed by atoms with Crippen molar-refractivity contribution in [2.75, 3.05) is 0 Å². The van der Waals surface area contributed by atoms with Crippen LogP contribution in [0.1, 0.15) is 49.7 Å². The summed E-state index contributed by atoms with van der Waals surface area (Å²) < 4.78 is 0. The van der Waals surface area contributed by atoms with E-state index in [1.54, 1.807) is 37.3 Å². The third-order valence-electron chi connectivity index (χ3n) is 3.38. The fourth-order valence-corrected chi connectivity index (χ4v) is 2.99. The number of thiophene rings is 1. The summed E-state index contributed by atoms with van der Waals surface area (Å²) in [6, 6.07) is 7.20. The first kappa shape index (κ1) is 15.3. The van der Waals surface area contributed by atoms with Crippen molar-refractivity contribution in [3.63, 3.8) is 0 Å². The average Bonchev–Trinajstić information content (AvgIpc) is 2.94. The first-order valence-corrected chi connectivity index (χ1v) is 7.47. The fraction of sp³-hybridized carbons (Fsp3) is 0.250. The topological polar surface area (TPSA) is 66.4 Å². The molecule has 0 aliphatic rings. The summed E-state index contributed by atoms with van der Waals surface area (Å²) in [6.07, 6.45) is 0. The molecule has 0 spiro atoms. The van der Waals surface area contributed by atoms with E-state index in [0.29, 0.717) is 11.1 Å². The predicted molar refractivity (Wildman–Crippen MR) is 83.1 cm³/mol. The van der Waals surface area contributed by atoms with E-state index in [0.717, 1.165) is 4.88 Å². The maximum Gasteiger partial charge on any atom is 0.336 e. The molecule has 1 unspecified atom stereocenters. The number of nitrogens with one attached hydrogen (secondary N) is 1. The molecule has 2 aromatic rings. The van der Waals surface area contributed by atoms with Crippen LogP contribution in [-0.2, 0) is 0 Å². The van der Waals surface area contributed by atoms with Gasteiger partial charge in [-0.05, 0) is 43.3 Å². The van der Waals surface area contributed by atoms with Crippen molar-refractivity contribution < 1.29 is 14.7 Å². The van der Waals surface area contributed by atoms with E-state index >= 15 is 0 Å². The number of carbonyl (C=O) groups excluding carboxylic acids is 1. The fourth-order valence-electron chi connectivity index (χ4n) is 2.26. The van der Waals surface area contributed by atoms with Gasteiger partial charge in [0, 0.05) is 4.88 Å². The van der Waals surface area contributed by atoms with Crippen molar-refractivity contribution in [1.82, 2.24) is 5.32 Å². The zero-order chi connectivity index (χ0) is 15.6. The molecule has 0 aliphatic carbocycles. The molecule has 1 atom stereocenters. The summed E-state index contributed by atoms with van der Waals surface area (Å²) in [7, 11) is 0. The largest absolute Gasteiger partial charge is 0.478 e. The summed E-state index contributed by atoms with van der Waals surface area (Å²) in [5, 5.41) is 14.2. The van der Waals surface area contributed by atoms with E-state index in [9.17, 15) is 14.7 Å². The monoisotopic (exact) mass is 303 g/mol. The lowest BCUT2D eigenvalue weighted by atomic mass is 9.96. The average molecular weight is 303 g/mol. The Labute approximate surface area is 127 Å². The Balaban J connectivity index is 2.35. The molecule has 21 heavy (non-hydrogen) atoms. The number of rotatable bonds is 4. The highest BCUT2D eigenvalue weighted by Crippen LogP contribution is 2.22. The van der Waals surface area contributed by atoms with Crippen molar-refractivity contribution in [2.24, 2.45) is 0 Å². The minimum Gasteiger partial charge on any atom is -0.478 e. The maximum absolute atomic E-state index is 12.5. The van der Waals surface area contributed by atoms with Crippen molar-refractivity contribution in [3.05, 3.63) is 56.8 Å². The molecule has 0 bridgehead atoms. The maximum atomic E-state index is 12.5. The first-order chi connectivity index (χ1) is 9.91. The lowest BCUT2D eigenvalue weighted by Crippen LogP contribution is -2.29. The molecule has 0 saturated carbocycles. The van der Waals surface area contributed by atoms with E-state index in [4.69, 9.17) is 0 Å². The summed E-state index contributed by atoms with van der Waals surface area (Å²) in [4.78, 5) is 24.9. The van der Waals surface area contributed by atoms with Gasteiger partial charge in [-0.15, -0.1) is 11.3 Å². The standard InChI is InChI=1S/C16H17NO3S/c1-9-6-7-10(2)14(16(19)20)13(9)15(18)17-11(3)12-5-4-8-21-12/h4-8,11H,1-3H3,(H,17,18)(H,19,20). The summed E-state index contributed by atoms with van der Waals surface area (Å²) >= 11 is 1.56. The molecule has 1 aromatic carbocycles. The molecule has 1 aromatic heterocycles. The van der Waals surface area contributed by atoms with Gasteiger partial charge in [-0.1, -0.05) is 18.2 Å². The Morgan fingerprint density at radius 3 is 2.29 bits per heavy atom. The number of amides is 1. The van der Waals surface area contributed by atoms with E-state index in [1.807, 2.05) is 24.4 Å². The number of carboxylic acids is 1. The molecular weight excluding hydrogens is 286 g/mol. The number of hydrogen-bond acceptors (Lipinski definition) is 3. The number of benzene rings is 1. The number of aryl methyl sites for hydroxylation is 2. The second kappa shape index (κ2) is 6.10. The zero-order valence-electron chi connectivity index (χ0n) is 12.1. The van der Waals surface area contributed by atoms with Gasteiger partial charge in [0.05, 0.1) is 17.2 Å². The van der Waals surface area contributed by atoms with Gasteiger partial charge in [0.2, 0.25) is 0 Å². The molecule has 1 amide bonds. The van der Waals surface area contributed by atoms with Crippen molar-refractivity contribution >= 4 is 23.2 Å². The van der Waals surface area contributed by atoms with E-state index in [1.165, 1.54) is 0 Å². The third-order valence-corrected chi connectivity index (χ3v) is 4.44. The number of aromatic carboxylic acids is 1. The van der Waals surface area contributed by atoms with Gasteiger partial charge in [-0.3, -0.25) is 4.79 Å². The molecule has 4 nitrogen and oxygen atoms in total. The molecule has 0 fully saturated rings. The SMILES string of the molecule is Cc1ccc(C)c(C(=O)NC(C)c2cccs2)c1C(=O)O. The molecule has 5 heteroatoms. The second-order valence-electron chi connectivity index (χ2n) is 4.97. The van der Waals surface area contributed by atoms with Gasteiger partial charge in [0.15, 0.2) is 0 Å². The molecule has 2 rings (SSSR count). The van der Waals surface area contributed by atoms with Crippen LogP contribution in [0.3, 0.4) is 0 Å². The van der Waals surface area contributed by atoms with Gasteiger partial charge in [-0.25, -0.2) is 4.79 Å². The molecular formula is C16H17NO3S. The van der Waals surface area contributed by atoms with E-state index in [2.05, 4.69) is 5.32 Å². The van der Waals surface area contributed by atoms with Crippen LogP contribution in [-0.4, -0.2) is 17.0 Å². The van der Waals surface area contributed by atoms with Crippen molar-refractivity contribution in [3.8, 4) is 0 Å². The van der Waals surface area contributed by atoms with Crippen molar-refractivity contribution in [1.29, 1.82) is 0 Å². The predicted octanol–water partition coefficient (Wildman–Crippen LogP) is 3.55. The van der Waals surface area contributed by atoms with Crippen LogP contribution in [0.4, 0.5) is 0 Å². The minimum atomic E-state index is -1.08. The zero-order valence-corrected chi connectivity index (χ0v) is 13.0. The number of carbonyl (C=O) groups is 2. The van der Waals surface area contributed by atoms with Gasteiger partial charge in [0.1, 0.15) is 0 Å². The Hall–Kier alpha value is -2.14. The molecule has 0 aliphatic heterocycles. The highest BCUT2D eigenvalue weighted by molar-refractivity contribution is 7.10. The highest BCUT2D eigenvalue weighted by Gasteiger charge is 2.22. The van der Waals surface area contributed by atoms with Gasteiger partial charge in [-0.2, -0.15) is 0 Å². The summed E-state index contributed by atoms with van der Waals surface area (Å²) in [5.41, 5.74) is 1.56. The molecule has 0 radical (unpaired) electrons. The Kier molecular flexibility index (Phi) is 4.43. The second-order valence-corrected chi connectivity index (χ2v) is 5.94. The number of carboxylic acid groups (broad SMARTS) is 1. The minimum absolute atomic E-state index is 0.0749. The number of hydrogen-bond donors (Lipinski definition) is 2. The normalized spacial score (nSPS) is 12.0. The highest BCUT2D eigenvalue weighted by atomic mass is 32.1. The Morgan fingerprint density at radius 2 is 1.76 bits per heavy atom. The quantitative estimate of drug-likeness (QED) is 0.907. The van der Waals surface area contributed by atoms with Crippen LogP contribution in [0, 0.1) is 13.8 Å². The van der Waals surface area contributed by atoms with Gasteiger partial charge >= 0.3 is 5.97 Å². The van der Waals surface area contributed by atoms with Crippen LogP contribution in [0.25, 0.3) is 0 Å². The molecule has 0 saturated heterocycles. The smallest absolute Gasteiger partial charge is 0.336 e. The lowest BCUT2D eigenvalue weighted by molar-refractivity contribution is 0.0689. The molecule has 2 N–H and O–H groups in total. The molecule has 1 heterocycles. The van der Waals surface area contributed by atoms with Crippen LogP contribution >= 0.6 is 11.3 Å². The van der Waals surface area contributed by atoms with Crippen molar-refractivity contribution in [2.45, 2.75) is 26.8 Å². The van der Waals surface area contributed by atoms with E-state index in [-0.39, 0.29) is 23.1 Å². The van der Waals surface area contributed by atoms with Gasteiger partial charge in [0.25, 0.3) is 5.91 Å². The Bertz CT molecular complexity index is 677. The Morgan fingerprint density at radius 1 is 1.14 bits per heavy atom. The van der Waals surface area contributed by atoms with Gasteiger partial charge < -0.3 is 10.4 Å². The van der Waals surface area contributed by atoms with Crippen LogP contribution in [0.2, 0.25) is 0 Å². The van der Waals surface area contributed by atoms with E-state index < -0.39 is 5.97 Å². The van der Waals surface area contributed by atoms with Crippen LogP contribution in [0.15, 0.2) is 29.6 Å². The summed E-state index contributed by atoms with van der Waals surface area (Å²) in [5.74, 6) is -1.43.